The van der Waals surface area contributed by atoms with Gasteiger partial charge in [-0.3, -0.25) is 14.8 Å². The molecule has 1 fully saturated rings. The van der Waals surface area contributed by atoms with Crippen molar-refractivity contribution in [3.63, 3.8) is 0 Å². The van der Waals surface area contributed by atoms with Crippen molar-refractivity contribution in [1.29, 1.82) is 0 Å². The van der Waals surface area contributed by atoms with Crippen molar-refractivity contribution in [2.45, 2.75) is 19.4 Å². The second kappa shape index (κ2) is 8.34. The van der Waals surface area contributed by atoms with E-state index in [-0.39, 0.29) is 19.0 Å². The topological polar surface area (TPSA) is 129 Å². The number of carbonyl (C=O) groups excluding carboxylic acids is 2. The smallest absolute Gasteiger partial charge is 0.414 e. The van der Waals surface area contributed by atoms with Crippen LogP contribution in [0.15, 0.2) is 42.6 Å². The second-order valence-electron chi connectivity index (χ2n) is 7.79. The van der Waals surface area contributed by atoms with Crippen molar-refractivity contribution >= 4 is 28.7 Å². The number of hydrogen-bond donors (Lipinski definition) is 3. The Labute approximate surface area is 187 Å². The molecule has 2 aromatic heterocycles. The van der Waals surface area contributed by atoms with E-state index in [0.29, 0.717) is 28.8 Å². The molecule has 0 unspecified atom stereocenters. The first-order valence-corrected chi connectivity index (χ1v) is 10.3. The van der Waals surface area contributed by atoms with Crippen molar-refractivity contribution < 1.29 is 18.7 Å². The molecule has 2 aromatic carbocycles. The molecule has 0 spiro atoms. The highest BCUT2D eigenvalue weighted by Crippen LogP contribution is 2.30. The second-order valence-corrected chi connectivity index (χ2v) is 7.79. The molecule has 11 heteroatoms. The number of halogens is 1. The minimum Gasteiger partial charge on any atom is -0.442 e. The van der Waals surface area contributed by atoms with Crippen molar-refractivity contribution in [1.82, 2.24) is 30.7 Å². The van der Waals surface area contributed by atoms with Crippen LogP contribution in [0.25, 0.3) is 22.2 Å². The normalized spacial score (nSPS) is 15.8. The summed E-state index contributed by atoms with van der Waals surface area (Å²) in [6, 6.07) is 10.1. The molecule has 3 heterocycles. The quantitative estimate of drug-likeness (QED) is 0.415. The van der Waals surface area contributed by atoms with Gasteiger partial charge in [0, 0.05) is 18.9 Å². The number of nitrogens with zero attached hydrogens (tertiary/aromatic N) is 4. The number of carbonyl (C=O) groups is 2. The van der Waals surface area contributed by atoms with Gasteiger partial charge in [0.2, 0.25) is 5.91 Å². The molecular weight excluding hydrogens is 429 g/mol. The van der Waals surface area contributed by atoms with E-state index in [2.05, 4.69) is 30.7 Å². The van der Waals surface area contributed by atoms with E-state index in [1.807, 2.05) is 18.2 Å². The molecule has 1 aliphatic rings. The first kappa shape index (κ1) is 20.6. The molecule has 33 heavy (non-hydrogen) atoms. The van der Waals surface area contributed by atoms with Gasteiger partial charge < -0.3 is 15.0 Å². The predicted octanol–water partition coefficient (Wildman–Crippen LogP) is 2.54. The molecule has 10 nitrogen and oxygen atoms in total. The van der Waals surface area contributed by atoms with E-state index in [4.69, 9.17) is 4.74 Å². The summed E-state index contributed by atoms with van der Waals surface area (Å²) in [5.74, 6) is 0.0638. The highest BCUT2D eigenvalue weighted by atomic mass is 19.1. The van der Waals surface area contributed by atoms with E-state index in [1.54, 1.807) is 18.3 Å². The Morgan fingerprint density at radius 1 is 1.30 bits per heavy atom. The van der Waals surface area contributed by atoms with Crippen LogP contribution in [-0.4, -0.2) is 56.6 Å². The van der Waals surface area contributed by atoms with Crippen LogP contribution in [0.2, 0.25) is 0 Å². The van der Waals surface area contributed by atoms with Gasteiger partial charge in [-0.05, 0) is 35.9 Å². The number of H-pyrrole nitrogens is 2. The lowest BCUT2D eigenvalue weighted by Gasteiger charge is -2.14. The number of aromatic amines is 2. The fourth-order valence-electron chi connectivity index (χ4n) is 3.80. The molecule has 4 aromatic rings. The standard InChI is InChI=1S/C22H20FN7O3/c1-12(31)24-10-16-11-30(22(32)33-16)15-3-4-17(18(23)8-15)13-2-5-19-20(6-13)27-21(26-19)7-14-9-25-29-28-14/h2-6,8-9,16H,7,10-11H2,1H3,(H,24,31)(H,26,27)(H,25,28,29)/t16-/m0/s1. The number of aromatic nitrogens is 5. The van der Waals surface area contributed by atoms with Gasteiger partial charge in [-0.25, -0.2) is 14.2 Å². The number of amides is 2. The molecule has 1 saturated heterocycles. The Hall–Kier alpha value is -4.28. The molecule has 0 saturated carbocycles. The van der Waals surface area contributed by atoms with Crippen LogP contribution in [-0.2, 0) is 16.0 Å². The van der Waals surface area contributed by atoms with Crippen molar-refractivity contribution in [3.05, 3.63) is 59.9 Å². The summed E-state index contributed by atoms with van der Waals surface area (Å²) in [6.45, 7) is 1.83. The van der Waals surface area contributed by atoms with Crippen molar-refractivity contribution in [3.8, 4) is 11.1 Å². The van der Waals surface area contributed by atoms with Gasteiger partial charge in [0.25, 0.3) is 0 Å². The fourth-order valence-corrected chi connectivity index (χ4v) is 3.80. The SMILES string of the molecule is CC(=O)NC[C@H]1CN(c2ccc(-c3ccc4[nH]c(Cc5cnn[nH]5)nc4c3)c(F)c2)C(=O)O1. The number of hydrogen-bond acceptors (Lipinski definition) is 6. The molecule has 5 rings (SSSR count). The van der Waals surface area contributed by atoms with Crippen LogP contribution in [0.1, 0.15) is 18.4 Å². The van der Waals surface area contributed by atoms with Gasteiger partial charge in [-0.2, -0.15) is 0 Å². The summed E-state index contributed by atoms with van der Waals surface area (Å²) in [4.78, 5) is 32.5. The Morgan fingerprint density at radius 3 is 2.94 bits per heavy atom. The average molecular weight is 449 g/mol. The van der Waals surface area contributed by atoms with Crippen LogP contribution < -0.4 is 10.2 Å². The van der Waals surface area contributed by atoms with Gasteiger partial charge in [0.05, 0.1) is 41.7 Å². The lowest BCUT2D eigenvalue weighted by atomic mass is 10.0. The summed E-state index contributed by atoms with van der Waals surface area (Å²) in [6.07, 6.45) is 1.09. The number of fused-ring (bicyclic) bond motifs is 1. The Morgan fingerprint density at radius 2 is 2.18 bits per heavy atom. The van der Waals surface area contributed by atoms with E-state index in [0.717, 1.165) is 17.0 Å². The van der Waals surface area contributed by atoms with Crippen molar-refractivity contribution in [2.24, 2.45) is 0 Å². The van der Waals surface area contributed by atoms with E-state index in [9.17, 15) is 9.59 Å². The Balaban J connectivity index is 1.35. The van der Waals surface area contributed by atoms with E-state index < -0.39 is 18.0 Å². The van der Waals surface area contributed by atoms with Crippen LogP contribution in [0.5, 0.6) is 0 Å². The molecule has 168 valence electrons. The molecule has 0 bridgehead atoms. The Bertz CT molecular complexity index is 1340. The fraction of sp³-hybridized carbons (Fsp3) is 0.227. The van der Waals surface area contributed by atoms with Gasteiger partial charge in [-0.15, -0.1) is 5.10 Å². The average Bonchev–Trinajstić information content (AvgIpc) is 3.51. The molecule has 1 aliphatic heterocycles. The zero-order valence-corrected chi connectivity index (χ0v) is 17.6. The first-order chi connectivity index (χ1) is 16.0. The van der Waals surface area contributed by atoms with Crippen LogP contribution >= 0.6 is 0 Å². The monoisotopic (exact) mass is 449 g/mol. The summed E-state index contributed by atoms with van der Waals surface area (Å²) in [5.41, 5.74) is 3.83. The number of rotatable bonds is 6. The number of anilines is 1. The maximum absolute atomic E-state index is 15.0. The number of imidazole rings is 1. The number of cyclic esters (lactones) is 1. The minimum atomic E-state index is -0.574. The molecule has 0 aliphatic carbocycles. The maximum atomic E-state index is 15.0. The lowest BCUT2D eigenvalue weighted by Crippen LogP contribution is -2.33. The predicted molar refractivity (Wildman–Crippen MR) is 117 cm³/mol. The largest absolute Gasteiger partial charge is 0.442 e. The highest BCUT2D eigenvalue weighted by molar-refractivity contribution is 5.90. The summed E-state index contributed by atoms with van der Waals surface area (Å²) in [5, 5.41) is 12.9. The zero-order chi connectivity index (χ0) is 22.9. The number of ether oxygens (including phenoxy) is 1. The van der Waals surface area contributed by atoms with Gasteiger partial charge in [-0.1, -0.05) is 11.3 Å². The Kier molecular flexibility index (Phi) is 5.21. The maximum Gasteiger partial charge on any atom is 0.414 e. The summed E-state index contributed by atoms with van der Waals surface area (Å²) in [7, 11) is 0. The third kappa shape index (κ3) is 4.25. The third-order valence-electron chi connectivity index (χ3n) is 5.38. The first-order valence-electron chi connectivity index (χ1n) is 10.3. The van der Waals surface area contributed by atoms with Crippen LogP contribution in [0.4, 0.5) is 14.9 Å². The van der Waals surface area contributed by atoms with E-state index >= 15 is 4.39 Å². The summed E-state index contributed by atoms with van der Waals surface area (Å²) < 4.78 is 20.3. The zero-order valence-electron chi connectivity index (χ0n) is 17.6. The van der Waals surface area contributed by atoms with Gasteiger partial charge in [0.1, 0.15) is 17.7 Å². The van der Waals surface area contributed by atoms with Crippen LogP contribution in [0, 0.1) is 5.82 Å². The van der Waals surface area contributed by atoms with Gasteiger partial charge >= 0.3 is 6.09 Å². The lowest BCUT2D eigenvalue weighted by molar-refractivity contribution is -0.119. The minimum absolute atomic E-state index is 0.209. The summed E-state index contributed by atoms with van der Waals surface area (Å²) >= 11 is 0. The highest BCUT2D eigenvalue weighted by Gasteiger charge is 2.32. The van der Waals surface area contributed by atoms with Crippen LogP contribution in [0.3, 0.4) is 0 Å². The number of nitrogens with one attached hydrogen (secondary N) is 3. The van der Waals surface area contributed by atoms with E-state index in [1.165, 1.54) is 17.9 Å². The molecule has 2 amide bonds. The molecular formula is C22H20FN7O3. The van der Waals surface area contributed by atoms with Gasteiger partial charge in [0.15, 0.2) is 0 Å². The molecule has 1 atom stereocenters. The number of benzene rings is 2. The van der Waals surface area contributed by atoms with Crippen molar-refractivity contribution in [2.75, 3.05) is 18.0 Å². The third-order valence-corrected chi connectivity index (χ3v) is 5.38. The molecule has 3 N–H and O–H groups in total. The molecule has 0 radical (unpaired) electrons.